The minimum absolute atomic E-state index is 0.104. The smallest absolute Gasteiger partial charge is 0.337 e. The molecular formula is C11H11N3O3S. The lowest BCUT2D eigenvalue weighted by Gasteiger charge is -2.09. The molecule has 0 amide bonds. The van der Waals surface area contributed by atoms with Crippen molar-refractivity contribution in [2.75, 3.05) is 11.1 Å². The molecule has 1 aromatic heterocycles. The van der Waals surface area contributed by atoms with E-state index in [9.17, 15) is 9.59 Å². The average molecular weight is 265 g/mol. The molecule has 0 unspecified atom stereocenters. The van der Waals surface area contributed by atoms with Crippen molar-refractivity contribution in [3.8, 4) is 0 Å². The van der Waals surface area contributed by atoms with E-state index >= 15 is 0 Å². The highest BCUT2D eigenvalue weighted by atomic mass is 32.1. The van der Waals surface area contributed by atoms with E-state index in [4.69, 9.17) is 10.8 Å². The highest BCUT2D eigenvalue weighted by Gasteiger charge is 2.10. The molecule has 1 aromatic carbocycles. The van der Waals surface area contributed by atoms with Crippen LogP contribution in [0.3, 0.4) is 0 Å². The summed E-state index contributed by atoms with van der Waals surface area (Å²) < 4.78 is 0. The normalized spacial score (nSPS) is 10.2. The maximum Gasteiger partial charge on any atom is 0.337 e. The Labute approximate surface area is 106 Å². The van der Waals surface area contributed by atoms with Crippen molar-refractivity contribution in [3.63, 3.8) is 0 Å². The standard InChI is InChI=1S/C11H11N3O3S/c12-6-1-2-9(8(3-6)10(15)16)13-4-7-5-18-11(17)14-7/h1-3,5,13H,4,12H2,(H,14,17)(H,15,16). The number of hydrogen-bond donors (Lipinski definition) is 4. The molecule has 94 valence electrons. The highest BCUT2D eigenvalue weighted by Crippen LogP contribution is 2.19. The predicted octanol–water partition coefficient (Wildman–Crippen LogP) is 1.33. The van der Waals surface area contributed by atoms with Crippen LogP contribution < -0.4 is 15.9 Å². The third-order valence-electron chi connectivity index (χ3n) is 2.31. The molecule has 2 rings (SSSR count). The third kappa shape index (κ3) is 2.69. The van der Waals surface area contributed by atoms with Crippen LogP contribution in [0.4, 0.5) is 11.4 Å². The van der Waals surface area contributed by atoms with Gasteiger partial charge in [0, 0.05) is 22.4 Å². The van der Waals surface area contributed by atoms with E-state index in [1.165, 1.54) is 6.07 Å². The number of rotatable bonds is 4. The number of aromatic amines is 1. The molecule has 0 aliphatic rings. The lowest BCUT2D eigenvalue weighted by molar-refractivity contribution is 0.0698. The first kappa shape index (κ1) is 12.2. The molecule has 0 fully saturated rings. The Morgan fingerprint density at radius 1 is 1.50 bits per heavy atom. The summed E-state index contributed by atoms with van der Waals surface area (Å²) in [5, 5.41) is 13.7. The number of hydrogen-bond acceptors (Lipinski definition) is 5. The zero-order valence-electron chi connectivity index (χ0n) is 9.27. The molecule has 0 saturated carbocycles. The summed E-state index contributed by atoms with van der Waals surface area (Å²) in [6.45, 7) is 0.350. The fraction of sp³-hybridized carbons (Fsp3) is 0.0909. The number of H-pyrrole nitrogens is 1. The number of nitrogens with one attached hydrogen (secondary N) is 2. The number of nitrogen functional groups attached to an aromatic ring is 1. The Morgan fingerprint density at radius 2 is 2.28 bits per heavy atom. The van der Waals surface area contributed by atoms with Gasteiger partial charge in [-0.1, -0.05) is 11.3 Å². The zero-order valence-corrected chi connectivity index (χ0v) is 10.1. The van der Waals surface area contributed by atoms with E-state index in [0.29, 0.717) is 23.6 Å². The summed E-state index contributed by atoms with van der Waals surface area (Å²) in [7, 11) is 0. The maximum absolute atomic E-state index is 11.0. The molecule has 0 spiro atoms. The molecule has 0 bridgehead atoms. The number of nitrogens with two attached hydrogens (primary N) is 1. The van der Waals surface area contributed by atoms with Gasteiger partial charge in [-0.2, -0.15) is 0 Å². The van der Waals surface area contributed by atoms with Crippen LogP contribution in [0.1, 0.15) is 16.1 Å². The largest absolute Gasteiger partial charge is 0.478 e. The second-order valence-electron chi connectivity index (χ2n) is 3.64. The fourth-order valence-corrected chi connectivity index (χ4v) is 2.07. The summed E-state index contributed by atoms with van der Waals surface area (Å²) >= 11 is 1.07. The Balaban J connectivity index is 2.18. The summed E-state index contributed by atoms with van der Waals surface area (Å²) in [4.78, 5) is 24.5. The second-order valence-corrected chi connectivity index (χ2v) is 4.48. The zero-order chi connectivity index (χ0) is 13.1. The number of aromatic carboxylic acids is 1. The minimum Gasteiger partial charge on any atom is -0.478 e. The van der Waals surface area contributed by atoms with Gasteiger partial charge >= 0.3 is 10.8 Å². The predicted molar refractivity (Wildman–Crippen MR) is 70.1 cm³/mol. The lowest BCUT2D eigenvalue weighted by Crippen LogP contribution is -2.08. The molecule has 0 radical (unpaired) electrons. The summed E-state index contributed by atoms with van der Waals surface area (Å²) in [5.41, 5.74) is 7.20. The second kappa shape index (κ2) is 4.92. The van der Waals surface area contributed by atoms with Gasteiger partial charge < -0.3 is 21.1 Å². The lowest BCUT2D eigenvalue weighted by atomic mass is 10.1. The van der Waals surface area contributed by atoms with Crippen molar-refractivity contribution >= 4 is 28.7 Å². The molecule has 6 nitrogen and oxygen atoms in total. The number of thiazole rings is 1. The van der Waals surface area contributed by atoms with Crippen molar-refractivity contribution < 1.29 is 9.90 Å². The first-order valence-corrected chi connectivity index (χ1v) is 5.97. The number of aromatic nitrogens is 1. The van der Waals surface area contributed by atoms with Crippen LogP contribution in [0.5, 0.6) is 0 Å². The molecular weight excluding hydrogens is 254 g/mol. The number of anilines is 2. The molecule has 5 N–H and O–H groups in total. The number of carbonyl (C=O) groups is 1. The number of benzene rings is 1. The first-order chi connectivity index (χ1) is 8.56. The van der Waals surface area contributed by atoms with E-state index < -0.39 is 5.97 Å². The van der Waals surface area contributed by atoms with Gasteiger partial charge in [0.1, 0.15) is 0 Å². The Morgan fingerprint density at radius 3 is 2.89 bits per heavy atom. The van der Waals surface area contributed by atoms with Crippen molar-refractivity contribution in [2.45, 2.75) is 6.54 Å². The molecule has 18 heavy (non-hydrogen) atoms. The van der Waals surface area contributed by atoms with Gasteiger partial charge in [-0.25, -0.2) is 4.79 Å². The Kier molecular flexibility index (Phi) is 3.33. The summed E-state index contributed by atoms with van der Waals surface area (Å²) in [6, 6.07) is 4.61. The molecule has 0 aliphatic carbocycles. The topological polar surface area (TPSA) is 108 Å². The maximum atomic E-state index is 11.0. The van der Waals surface area contributed by atoms with Gasteiger partial charge in [-0.3, -0.25) is 4.79 Å². The average Bonchev–Trinajstić information content (AvgIpc) is 2.73. The van der Waals surface area contributed by atoms with Crippen LogP contribution in [-0.4, -0.2) is 16.1 Å². The SMILES string of the molecule is Nc1ccc(NCc2csc(=O)[nH]2)c(C(=O)O)c1. The van der Waals surface area contributed by atoms with Gasteiger partial charge in [0.15, 0.2) is 0 Å². The molecule has 0 aliphatic heterocycles. The summed E-state index contributed by atoms with van der Waals surface area (Å²) in [5.74, 6) is -1.05. The monoisotopic (exact) mass is 265 g/mol. The van der Waals surface area contributed by atoms with Crippen LogP contribution in [-0.2, 0) is 6.54 Å². The van der Waals surface area contributed by atoms with Crippen molar-refractivity contribution in [1.29, 1.82) is 0 Å². The van der Waals surface area contributed by atoms with Crippen LogP contribution in [0, 0.1) is 0 Å². The van der Waals surface area contributed by atoms with Gasteiger partial charge in [-0.05, 0) is 18.2 Å². The van der Waals surface area contributed by atoms with Crippen molar-refractivity contribution in [3.05, 3.63) is 44.5 Å². The molecule has 0 atom stereocenters. The van der Waals surface area contributed by atoms with Crippen molar-refractivity contribution in [1.82, 2.24) is 4.98 Å². The molecule has 1 heterocycles. The first-order valence-electron chi connectivity index (χ1n) is 5.09. The molecule has 0 saturated heterocycles. The molecule has 2 aromatic rings. The van der Waals surface area contributed by atoms with Gasteiger partial charge in [0.05, 0.1) is 12.1 Å². The van der Waals surface area contributed by atoms with Crippen LogP contribution >= 0.6 is 11.3 Å². The third-order valence-corrected chi connectivity index (χ3v) is 3.03. The fourth-order valence-electron chi connectivity index (χ4n) is 1.48. The van der Waals surface area contributed by atoms with E-state index in [1.807, 2.05) is 0 Å². The van der Waals surface area contributed by atoms with E-state index in [-0.39, 0.29) is 10.4 Å². The van der Waals surface area contributed by atoms with Crippen LogP contribution in [0.2, 0.25) is 0 Å². The Hall–Kier alpha value is -2.28. The van der Waals surface area contributed by atoms with Crippen LogP contribution in [0.25, 0.3) is 0 Å². The quantitative estimate of drug-likeness (QED) is 0.624. The van der Waals surface area contributed by atoms with E-state index in [2.05, 4.69) is 10.3 Å². The number of carboxylic acid groups (broad SMARTS) is 1. The summed E-state index contributed by atoms with van der Waals surface area (Å²) in [6.07, 6.45) is 0. The van der Waals surface area contributed by atoms with E-state index in [1.54, 1.807) is 17.5 Å². The molecule has 7 heteroatoms. The minimum atomic E-state index is -1.05. The van der Waals surface area contributed by atoms with Crippen LogP contribution in [0.15, 0.2) is 28.4 Å². The van der Waals surface area contributed by atoms with Gasteiger partial charge in [0.25, 0.3) is 0 Å². The van der Waals surface area contributed by atoms with Crippen molar-refractivity contribution in [2.24, 2.45) is 0 Å². The number of carboxylic acids is 1. The van der Waals surface area contributed by atoms with E-state index in [0.717, 1.165) is 11.3 Å². The highest BCUT2D eigenvalue weighted by molar-refractivity contribution is 7.07. The van der Waals surface area contributed by atoms with Gasteiger partial charge in [0.2, 0.25) is 0 Å². The Bertz CT molecular complexity index is 632. The van der Waals surface area contributed by atoms with Gasteiger partial charge in [-0.15, -0.1) is 0 Å².